The lowest BCUT2D eigenvalue weighted by atomic mass is 10.0. The van der Waals surface area contributed by atoms with Crippen molar-refractivity contribution >= 4 is 38.4 Å². The lowest BCUT2D eigenvalue weighted by molar-refractivity contribution is 0.0865. The van der Waals surface area contributed by atoms with Crippen LogP contribution in [0.15, 0.2) is 47.4 Å². The zero-order valence-corrected chi connectivity index (χ0v) is 15.7. The molecule has 0 atom stereocenters. The fraction of sp³-hybridized carbons (Fsp3) is 0.158. The second kappa shape index (κ2) is 5.79. The Labute approximate surface area is 156 Å². The molecule has 1 aromatic heterocycles. The first-order valence-electron chi connectivity index (χ1n) is 8.02. The van der Waals surface area contributed by atoms with E-state index in [2.05, 4.69) is 4.98 Å². The van der Waals surface area contributed by atoms with Crippen molar-refractivity contribution < 1.29 is 13.2 Å². The quantitative estimate of drug-likeness (QED) is 0.627. The molecule has 3 aromatic rings. The van der Waals surface area contributed by atoms with Gasteiger partial charge in [0, 0.05) is 10.9 Å². The predicted molar refractivity (Wildman–Crippen MR) is 99.7 cm³/mol. The Morgan fingerprint density at radius 1 is 1.12 bits per heavy atom. The maximum atomic E-state index is 12.7. The molecule has 1 amide bonds. The van der Waals surface area contributed by atoms with Gasteiger partial charge in [-0.2, -0.15) is 0 Å². The minimum absolute atomic E-state index is 0.0290. The number of fused-ring (bicyclic) bond motifs is 2. The molecule has 2 heterocycles. The van der Waals surface area contributed by atoms with E-state index in [0.717, 1.165) is 26.3 Å². The maximum absolute atomic E-state index is 12.7. The van der Waals surface area contributed by atoms with Crippen molar-refractivity contribution in [1.82, 2.24) is 9.29 Å². The van der Waals surface area contributed by atoms with Crippen LogP contribution in [0.3, 0.4) is 0 Å². The molecule has 1 aliphatic rings. The van der Waals surface area contributed by atoms with Gasteiger partial charge in [0.05, 0.1) is 17.6 Å². The third-order valence-corrected chi connectivity index (χ3v) is 6.88. The average molecular weight is 387 g/mol. The Morgan fingerprint density at radius 3 is 2.58 bits per heavy atom. The van der Waals surface area contributed by atoms with Gasteiger partial charge in [0.15, 0.2) is 0 Å². The number of aromatic nitrogens is 1. The smallest absolute Gasteiger partial charge is 0.268 e. The van der Waals surface area contributed by atoms with E-state index >= 15 is 0 Å². The average Bonchev–Trinajstić information content (AvgIpc) is 2.81. The minimum atomic E-state index is -3.88. The summed E-state index contributed by atoms with van der Waals surface area (Å²) in [6, 6.07) is 11.9. The number of aryl methyl sites for hydroxylation is 2. The van der Waals surface area contributed by atoms with E-state index in [9.17, 15) is 13.2 Å². The zero-order valence-electron chi connectivity index (χ0n) is 14.2. The first-order chi connectivity index (χ1) is 12.3. The number of pyridine rings is 1. The van der Waals surface area contributed by atoms with Crippen LogP contribution < -0.4 is 0 Å². The van der Waals surface area contributed by atoms with E-state index in [0.29, 0.717) is 5.56 Å². The number of sulfonamides is 1. The summed E-state index contributed by atoms with van der Waals surface area (Å²) in [7, 11) is -3.88. The van der Waals surface area contributed by atoms with Crippen molar-refractivity contribution in [2.45, 2.75) is 25.3 Å². The summed E-state index contributed by atoms with van der Waals surface area (Å²) in [6.07, 6.45) is 0. The fourth-order valence-corrected chi connectivity index (χ4v) is 4.90. The summed E-state index contributed by atoms with van der Waals surface area (Å²) < 4.78 is 26.3. The molecule has 0 radical (unpaired) electrons. The highest BCUT2D eigenvalue weighted by atomic mass is 35.5. The van der Waals surface area contributed by atoms with Gasteiger partial charge in [-0.1, -0.05) is 35.9 Å². The Hall–Kier alpha value is -2.44. The molecule has 26 heavy (non-hydrogen) atoms. The molecule has 0 aliphatic carbocycles. The van der Waals surface area contributed by atoms with Crippen LogP contribution in [0, 0.1) is 13.8 Å². The number of amides is 1. The van der Waals surface area contributed by atoms with Gasteiger partial charge in [-0.05, 0) is 43.2 Å². The second-order valence-electron chi connectivity index (χ2n) is 6.33. The molecule has 1 aliphatic heterocycles. The zero-order chi connectivity index (χ0) is 18.6. The standard InChI is InChI=1S/C19H15ClN2O3S/c1-11-7-8-13-9-14(18(20)21-17(13)12(11)2)10-22-19(23)15-5-3-4-6-16(15)26(22,24)25/h3-9H,10H2,1-2H3. The molecule has 0 saturated heterocycles. The molecule has 5 nitrogen and oxygen atoms in total. The van der Waals surface area contributed by atoms with E-state index in [1.807, 2.05) is 26.0 Å². The molecule has 0 saturated carbocycles. The first-order valence-corrected chi connectivity index (χ1v) is 9.84. The van der Waals surface area contributed by atoms with Crippen LogP contribution in [0.5, 0.6) is 0 Å². The van der Waals surface area contributed by atoms with Crippen LogP contribution in [0.25, 0.3) is 10.9 Å². The maximum Gasteiger partial charge on any atom is 0.269 e. The molecule has 0 fully saturated rings. The van der Waals surface area contributed by atoms with Crippen molar-refractivity contribution in [3.8, 4) is 0 Å². The Morgan fingerprint density at radius 2 is 1.85 bits per heavy atom. The summed E-state index contributed by atoms with van der Waals surface area (Å²) >= 11 is 6.31. The lowest BCUT2D eigenvalue weighted by Crippen LogP contribution is -2.29. The summed E-state index contributed by atoms with van der Waals surface area (Å²) in [4.78, 5) is 17.0. The summed E-state index contributed by atoms with van der Waals surface area (Å²) in [6.45, 7) is 3.81. The fourth-order valence-electron chi connectivity index (χ4n) is 3.16. The van der Waals surface area contributed by atoms with Crippen LogP contribution >= 0.6 is 11.6 Å². The Balaban J connectivity index is 1.80. The molecular weight excluding hydrogens is 372 g/mol. The number of nitrogens with zero attached hydrogens (tertiary/aromatic N) is 2. The highest BCUT2D eigenvalue weighted by molar-refractivity contribution is 7.90. The topological polar surface area (TPSA) is 67.3 Å². The summed E-state index contributed by atoms with van der Waals surface area (Å²) in [5.41, 5.74) is 3.57. The summed E-state index contributed by atoms with van der Waals surface area (Å²) in [5, 5.41) is 1.05. The van der Waals surface area contributed by atoms with Crippen LogP contribution in [0.2, 0.25) is 5.15 Å². The van der Waals surface area contributed by atoms with E-state index in [-0.39, 0.29) is 22.2 Å². The van der Waals surface area contributed by atoms with Crippen molar-refractivity contribution in [3.63, 3.8) is 0 Å². The van der Waals surface area contributed by atoms with Crippen molar-refractivity contribution in [2.24, 2.45) is 0 Å². The van der Waals surface area contributed by atoms with Crippen molar-refractivity contribution in [1.29, 1.82) is 0 Å². The third-order valence-electron chi connectivity index (χ3n) is 4.76. The van der Waals surface area contributed by atoms with E-state index in [4.69, 9.17) is 11.6 Å². The first kappa shape index (κ1) is 17.0. The molecule has 0 N–H and O–H groups in total. The molecule has 0 unspecified atom stereocenters. The van der Waals surface area contributed by atoms with Crippen LogP contribution in [-0.4, -0.2) is 23.6 Å². The van der Waals surface area contributed by atoms with Gasteiger partial charge in [0.25, 0.3) is 15.9 Å². The van der Waals surface area contributed by atoms with E-state index in [1.165, 1.54) is 12.1 Å². The Bertz CT molecular complexity index is 1190. The number of benzene rings is 2. The molecule has 4 rings (SSSR count). The van der Waals surface area contributed by atoms with Gasteiger partial charge in [0.1, 0.15) is 10.0 Å². The van der Waals surface area contributed by atoms with E-state index < -0.39 is 15.9 Å². The number of hydrogen-bond donors (Lipinski definition) is 0. The largest absolute Gasteiger partial charge is 0.269 e. The molecule has 132 valence electrons. The number of rotatable bonds is 2. The SMILES string of the molecule is Cc1ccc2cc(CN3C(=O)c4ccccc4S3(=O)=O)c(Cl)nc2c1C. The van der Waals surface area contributed by atoms with Crippen molar-refractivity contribution in [3.05, 3.63) is 69.9 Å². The molecule has 0 bridgehead atoms. The Kier molecular flexibility index (Phi) is 3.78. The van der Waals surface area contributed by atoms with Crippen LogP contribution in [-0.2, 0) is 16.6 Å². The highest BCUT2D eigenvalue weighted by Crippen LogP contribution is 2.33. The number of halogens is 1. The summed E-state index contributed by atoms with van der Waals surface area (Å²) in [5.74, 6) is -0.545. The minimum Gasteiger partial charge on any atom is -0.268 e. The third kappa shape index (κ3) is 2.40. The molecule has 0 spiro atoms. The number of carbonyl (C=O) groups excluding carboxylic acids is 1. The highest BCUT2D eigenvalue weighted by Gasteiger charge is 2.41. The van der Waals surface area contributed by atoms with Gasteiger partial charge in [0.2, 0.25) is 0 Å². The predicted octanol–water partition coefficient (Wildman–Crippen LogP) is 3.85. The molecule has 7 heteroatoms. The van der Waals surface area contributed by atoms with Gasteiger partial charge < -0.3 is 0 Å². The number of carbonyl (C=O) groups is 1. The normalized spacial score (nSPS) is 15.5. The van der Waals surface area contributed by atoms with Gasteiger partial charge in [-0.3, -0.25) is 4.79 Å². The van der Waals surface area contributed by atoms with Gasteiger partial charge in [-0.15, -0.1) is 0 Å². The monoisotopic (exact) mass is 386 g/mol. The van der Waals surface area contributed by atoms with Crippen molar-refractivity contribution in [2.75, 3.05) is 0 Å². The van der Waals surface area contributed by atoms with E-state index in [1.54, 1.807) is 18.2 Å². The second-order valence-corrected chi connectivity index (χ2v) is 8.52. The molecule has 2 aromatic carbocycles. The van der Waals surface area contributed by atoms with Crippen LogP contribution in [0.4, 0.5) is 0 Å². The van der Waals surface area contributed by atoms with Gasteiger partial charge >= 0.3 is 0 Å². The van der Waals surface area contributed by atoms with Gasteiger partial charge in [-0.25, -0.2) is 17.7 Å². The molecular formula is C19H15ClN2O3S. The van der Waals surface area contributed by atoms with Crippen LogP contribution in [0.1, 0.15) is 27.0 Å². The lowest BCUT2D eigenvalue weighted by Gasteiger charge is -2.16. The number of hydrogen-bond acceptors (Lipinski definition) is 4.